The molecule has 7 nitrogen and oxygen atoms in total. The number of hydrogen-bond acceptors (Lipinski definition) is 5. The van der Waals surface area contributed by atoms with Gasteiger partial charge < -0.3 is 9.84 Å². The van der Waals surface area contributed by atoms with E-state index in [9.17, 15) is 13.2 Å². The van der Waals surface area contributed by atoms with Gasteiger partial charge in [-0.1, -0.05) is 35.5 Å². The van der Waals surface area contributed by atoms with E-state index >= 15 is 0 Å². The standard InChI is InChI=1S/C17H21N3O4S/c1-12-16(13(2)24-19-12)25(22,23)20-10-6-9-15(20)17(21)18-11-14-7-4-3-5-8-14/h3-5,7-8,15H,6,9-11H2,1-2H3,(H,18,21)/t15-/m1/s1. The molecular formula is C17H21N3O4S. The molecule has 1 aliphatic rings. The van der Waals surface area contributed by atoms with Gasteiger partial charge in [0.25, 0.3) is 0 Å². The van der Waals surface area contributed by atoms with Gasteiger partial charge in [0.2, 0.25) is 15.9 Å². The van der Waals surface area contributed by atoms with Crippen LogP contribution in [0.5, 0.6) is 0 Å². The number of amides is 1. The highest BCUT2D eigenvalue weighted by Gasteiger charge is 2.41. The number of nitrogens with one attached hydrogen (secondary N) is 1. The minimum atomic E-state index is -3.82. The summed E-state index contributed by atoms with van der Waals surface area (Å²) < 4.78 is 32.2. The smallest absolute Gasteiger partial charge is 0.249 e. The number of hydrogen-bond donors (Lipinski definition) is 1. The quantitative estimate of drug-likeness (QED) is 0.874. The zero-order chi connectivity index (χ0) is 18.0. The summed E-state index contributed by atoms with van der Waals surface area (Å²) in [6.07, 6.45) is 1.15. The van der Waals surface area contributed by atoms with Crippen LogP contribution in [0.25, 0.3) is 0 Å². The van der Waals surface area contributed by atoms with Crippen molar-refractivity contribution >= 4 is 15.9 Å². The van der Waals surface area contributed by atoms with E-state index in [1.165, 1.54) is 4.31 Å². The van der Waals surface area contributed by atoms with Gasteiger partial charge in [0.05, 0.1) is 0 Å². The zero-order valence-electron chi connectivity index (χ0n) is 14.2. The van der Waals surface area contributed by atoms with E-state index in [4.69, 9.17) is 4.52 Å². The molecule has 1 aromatic carbocycles. The van der Waals surface area contributed by atoms with Crippen molar-refractivity contribution in [2.24, 2.45) is 0 Å². The Bertz CT molecular complexity index is 842. The number of sulfonamides is 1. The average Bonchev–Trinajstić information content (AvgIpc) is 3.21. The lowest BCUT2D eigenvalue weighted by molar-refractivity contribution is -0.124. The Balaban J connectivity index is 1.77. The van der Waals surface area contributed by atoms with Crippen LogP contribution in [0.3, 0.4) is 0 Å². The van der Waals surface area contributed by atoms with Crippen LogP contribution < -0.4 is 5.32 Å². The number of rotatable bonds is 5. The van der Waals surface area contributed by atoms with Gasteiger partial charge in [0.1, 0.15) is 16.6 Å². The summed E-state index contributed by atoms with van der Waals surface area (Å²) in [4.78, 5) is 12.6. The Hall–Kier alpha value is -2.19. The van der Waals surface area contributed by atoms with E-state index in [2.05, 4.69) is 10.5 Å². The molecule has 1 aromatic heterocycles. The van der Waals surface area contributed by atoms with Crippen LogP contribution in [0.1, 0.15) is 29.9 Å². The first-order valence-electron chi connectivity index (χ1n) is 8.17. The SMILES string of the molecule is Cc1noc(C)c1S(=O)(=O)N1CCC[C@@H]1C(=O)NCc1ccccc1. The molecule has 1 amide bonds. The zero-order valence-corrected chi connectivity index (χ0v) is 15.0. The van der Waals surface area contributed by atoms with Crippen LogP contribution in [0, 0.1) is 13.8 Å². The lowest BCUT2D eigenvalue weighted by atomic mass is 10.2. The van der Waals surface area contributed by atoms with E-state index in [0.717, 1.165) is 5.56 Å². The molecule has 0 bridgehead atoms. The first-order chi connectivity index (χ1) is 11.9. The molecule has 0 spiro atoms. The van der Waals surface area contributed by atoms with Crippen LogP contribution in [0.4, 0.5) is 0 Å². The van der Waals surface area contributed by atoms with Crippen molar-refractivity contribution in [1.29, 1.82) is 0 Å². The molecule has 0 aliphatic carbocycles. The number of aromatic nitrogens is 1. The number of aryl methyl sites for hydroxylation is 2. The van der Waals surface area contributed by atoms with Crippen LogP contribution in [-0.4, -0.2) is 36.4 Å². The highest BCUT2D eigenvalue weighted by molar-refractivity contribution is 7.89. The molecule has 2 aromatic rings. The molecule has 1 aliphatic heterocycles. The van der Waals surface area contributed by atoms with Crippen LogP contribution in [-0.2, 0) is 21.4 Å². The maximum atomic E-state index is 13.0. The van der Waals surface area contributed by atoms with Crippen molar-refractivity contribution in [3.8, 4) is 0 Å². The highest BCUT2D eigenvalue weighted by Crippen LogP contribution is 2.29. The predicted molar refractivity (Wildman–Crippen MR) is 91.2 cm³/mol. The third-order valence-electron chi connectivity index (χ3n) is 4.35. The fraction of sp³-hybridized carbons (Fsp3) is 0.412. The van der Waals surface area contributed by atoms with Crippen molar-refractivity contribution in [3.63, 3.8) is 0 Å². The summed E-state index contributed by atoms with van der Waals surface area (Å²) in [5.74, 6) is -0.0375. The molecule has 134 valence electrons. The van der Waals surface area contributed by atoms with Gasteiger partial charge >= 0.3 is 0 Å². The summed E-state index contributed by atoms with van der Waals surface area (Å²) >= 11 is 0. The molecule has 1 N–H and O–H groups in total. The van der Waals surface area contributed by atoms with Gasteiger partial charge in [0, 0.05) is 13.1 Å². The van der Waals surface area contributed by atoms with E-state index in [0.29, 0.717) is 31.6 Å². The normalized spacial score (nSPS) is 18.4. The Morgan fingerprint density at radius 2 is 2.04 bits per heavy atom. The third kappa shape index (κ3) is 3.45. The number of carbonyl (C=O) groups is 1. The van der Waals surface area contributed by atoms with Gasteiger partial charge in [-0.2, -0.15) is 4.31 Å². The highest BCUT2D eigenvalue weighted by atomic mass is 32.2. The maximum absolute atomic E-state index is 13.0. The maximum Gasteiger partial charge on any atom is 0.249 e. The monoisotopic (exact) mass is 363 g/mol. The van der Waals surface area contributed by atoms with E-state index in [1.54, 1.807) is 13.8 Å². The molecule has 1 fully saturated rings. The number of benzene rings is 1. The van der Waals surface area contributed by atoms with Crippen LogP contribution in [0.15, 0.2) is 39.8 Å². The van der Waals surface area contributed by atoms with Crippen molar-refractivity contribution in [2.45, 2.75) is 44.2 Å². The minimum Gasteiger partial charge on any atom is -0.360 e. The van der Waals surface area contributed by atoms with Crippen molar-refractivity contribution < 1.29 is 17.7 Å². The third-order valence-corrected chi connectivity index (χ3v) is 6.50. The first-order valence-corrected chi connectivity index (χ1v) is 9.61. The van der Waals surface area contributed by atoms with Gasteiger partial charge in [-0.05, 0) is 32.3 Å². The lowest BCUT2D eigenvalue weighted by Gasteiger charge is -2.23. The Kier molecular flexibility index (Phi) is 4.91. The van der Waals surface area contributed by atoms with Crippen molar-refractivity contribution in [1.82, 2.24) is 14.8 Å². The summed E-state index contributed by atoms with van der Waals surface area (Å²) in [6.45, 7) is 3.84. The molecule has 1 saturated heterocycles. The van der Waals surface area contributed by atoms with E-state index in [-0.39, 0.29) is 16.6 Å². The molecule has 2 heterocycles. The van der Waals surface area contributed by atoms with Gasteiger partial charge in [0.15, 0.2) is 5.76 Å². The molecule has 0 saturated carbocycles. The molecular weight excluding hydrogens is 342 g/mol. The topological polar surface area (TPSA) is 92.5 Å². The van der Waals surface area contributed by atoms with Crippen LogP contribution >= 0.6 is 0 Å². The second kappa shape index (κ2) is 6.97. The number of nitrogens with zero attached hydrogens (tertiary/aromatic N) is 2. The Morgan fingerprint density at radius 1 is 1.32 bits per heavy atom. The molecule has 0 radical (unpaired) electrons. The van der Waals surface area contributed by atoms with Gasteiger partial charge in [-0.25, -0.2) is 8.42 Å². The second-order valence-electron chi connectivity index (χ2n) is 6.13. The summed E-state index contributed by atoms with van der Waals surface area (Å²) in [7, 11) is -3.82. The fourth-order valence-corrected chi connectivity index (χ4v) is 5.10. The predicted octanol–water partition coefficient (Wildman–Crippen LogP) is 1.76. The van der Waals surface area contributed by atoms with Crippen LogP contribution in [0.2, 0.25) is 0 Å². The summed E-state index contributed by atoms with van der Waals surface area (Å²) in [5, 5.41) is 6.55. The van der Waals surface area contributed by atoms with E-state index < -0.39 is 16.1 Å². The van der Waals surface area contributed by atoms with Gasteiger partial charge in [-0.3, -0.25) is 4.79 Å². The molecule has 3 rings (SSSR count). The van der Waals surface area contributed by atoms with Crippen molar-refractivity contribution in [2.75, 3.05) is 6.54 Å². The minimum absolute atomic E-state index is 0.0651. The largest absolute Gasteiger partial charge is 0.360 e. The molecule has 1 atom stereocenters. The summed E-state index contributed by atoms with van der Waals surface area (Å²) in [5.41, 5.74) is 1.28. The molecule has 25 heavy (non-hydrogen) atoms. The fourth-order valence-electron chi connectivity index (χ4n) is 3.15. The lowest BCUT2D eigenvalue weighted by Crippen LogP contribution is -2.45. The first kappa shape index (κ1) is 17.6. The summed E-state index contributed by atoms with van der Waals surface area (Å²) in [6, 6.07) is 8.81. The number of carbonyl (C=O) groups excluding carboxylic acids is 1. The Morgan fingerprint density at radius 3 is 2.68 bits per heavy atom. The Labute approximate surface area is 147 Å². The molecule has 0 unspecified atom stereocenters. The second-order valence-corrected chi connectivity index (χ2v) is 7.96. The molecule has 8 heteroatoms. The van der Waals surface area contributed by atoms with E-state index in [1.807, 2.05) is 30.3 Å². The van der Waals surface area contributed by atoms with Gasteiger partial charge in [-0.15, -0.1) is 0 Å². The van der Waals surface area contributed by atoms with Crippen molar-refractivity contribution in [3.05, 3.63) is 47.3 Å². The average molecular weight is 363 g/mol.